The summed E-state index contributed by atoms with van der Waals surface area (Å²) < 4.78 is 31.1. The molecule has 53 heavy (non-hydrogen) atoms. The van der Waals surface area contributed by atoms with Gasteiger partial charge in [-0.3, -0.25) is 13.6 Å². The highest BCUT2D eigenvalue weighted by Gasteiger charge is 2.26. The minimum absolute atomic E-state index is 0.448. The van der Waals surface area contributed by atoms with Crippen molar-refractivity contribution in [2.45, 2.75) is 233 Å². The summed E-state index contributed by atoms with van der Waals surface area (Å²) in [5, 5.41) is 0. The minimum atomic E-state index is -3.51. The molecular formula is C45H93O4PS3. The molecule has 0 fully saturated rings. The molecule has 0 aromatic carbocycles. The van der Waals surface area contributed by atoms with E-state index in [1.165, 1.54) is 210 Å². The second kappa shape index (κ2) is 47.5. The van der Waals surface area contributed by atoms with Gasteiger partial charge in [-0.1, -0.05) is 194 Å². The van der Waals surface area contributed by atoms with Crippen LogP contribution in [-0.2, 0) is 18.1 Å². The summed E-state index contributed by atoms with van der Waals surface area (Å²) in [7, 11) is -3.51. The SMILES string of the molecule is CCCCCCCCCCCCSCCCOP(=O)(OCCCSCCCCCCCCCCCC)OCCCSCCCCCCCCCCCC. The first-order valence-electron chi connectivity index (χ1n) is 23.4. The molecular weight excluding hydrogens is 732 g/mol. The number of phosphoric acid groups is 1. The number of hydrogen-bond acceptors (Lipinski definition) is 7. The molecule has 0 spiro atoms. The van der Waals surface area contributed by atoms with E-state index in [9.17, 15) is 4.57 Å². The fourth-order valence-electron chi connectivity index (χ4n) is 6.50. The van der Waals surface area contributed by atoms with Gasteiger partial charge < -0.3 is 0 Å². The molecule has 0 aliphatic rings. The van der Waals surface area contributed by atoms with Crippen LogP contribution in [0.2, 0.25) is 0 Å². The molecule has 0 heterocycles. The molecule has 0 atom stereocenters. The van der Waals surface area contributed by atoms with E-state index in [2.05, 4.69) is 20.8 Å². The molecule has 0 unspecified atom stereocenters. The van der Waals surface area contributed by atoms with Gasteiger partial charge in [0.05, 0.1) is 19.8 Å². The van der Waals surface area contributed by atoms with E-state index < -0.39 is 7.82 Å². The average Bonchev–Trinajstić information content (AvgIpc) is 3.16. The van der Waals surface area contributed by atoms with Crippen molar-refractivity contribution >= 4 is 43.1 Å². The summed E-state index contributed by atoms with van der Waals surface area (Å²) in [4.78, 5) is 0. The quantitative estimate of drug-likeness (QED) is 0.0447. The number of thioether (sulfide) groups is 3. The summed E-state index contributed by atoms with van der Waals surface area (Å²) in [6.07, 6.45) is 44.2. The molecule has 0 rings (SSSR count). The first-order chi connectivity index (χ1) is 26.2. The Morgan fingerprint density at radius 3 is 0.698 bits per heavy atom. The summed E-state index contributed by atoms with van der Waals surface area (Å²) >= 11 is 6.01. The van der Waals surface area contributed by atoms with Crippen molar-refractivity contribution in [2.24, 2.45) is 0 Å². The van der Waals surface area contributed by atoms with E-state index in [4.69, 9.17) is 13.6 Å². The molecule has 4 nitrogen and oxygen atoms in total. The first-order valence-corrected chi connectivity index (χ1v) is 28.4. The third-order valence-corrected chi connectivity index (χ3v) is 14.9. The predicted octanol–water partition coefficient (Wildman–Crippen LogP) is 17.3. The summed E-state index contributed by atoms with van der Waals surface area (Å²) in [6.45, 7) is 8.21. The summed E-state index contributed by atoms with van der Waals surface area (Å²) in [5.74, 6) is 6.78. The van der Waals surface area contributed by atoms with Gasteiger partial charge in [0.1, 0.15) is 0 Å². The average molecular weight is 825 g/mol. The molecule has 0 bridgehead atoms. The van der Waals surface area contributed by atoms with Crippen LogP contribution in [-0.4, -0.2) is 54.3 Å². The maximum absolute atomic E-state index is 13.5. The number of phosphoric ester groups is 1. The van der Waals surface area contributed by atoms with E-state index in [0.717, 1.165) is 36.5 Å². The van der Waals surface area contributed by atoms with Crippen molar-refractivity contribution in [3.8, 4) is 0 Å². The van der Waals surface area contributed by atoms with Crippen LogP contribution in [0, 0.1) is 0 Å². The molecule has 0 saturated carbocycles. The third-order valence-electron chi connectivity index (χ3n) is 9.97. The zero-order chi connectivity index (χ0) is 38.4. The Morgan fingerprint density at radius 1 is 0.283 bits per heavy atom. The second-order valence-corrected chi connectivity index (χ2v) is 20.7. The zero-order valence-corrected chi connectivity index (χ0v) is 39.3. The Morgan fingerprint density at radius 2 is 0.472 bits per heavy atom. The Balaban J connectivity index is 4.08. The smallest absolute Gasteiger partial charge is 0.287 e. The highest BCUT2D eigenvalue weighted by molar-refractivity contribution is 7.99. The Kier molecular flexibility index (Phi) is 48.6. The monoisotopic (exact) mass is 825 g/mol. The molecule has 0 aromatic rings. The second-order valence-electron chi connectivity index (χ2n) is 15.4. The van der Waals surface area contributed by atoms with Gasteiger partial charge in [0.15, 0.2) is 0 Å². The fraction of sp³-hybridized carbons (Fsp3) is 1.00. The zero-order valence-electron chi connectivity index (χ0n) is 36.0. The van der Waals surface area contributed by atoms with Crippen LogP contribution < -0.4 is 0 Å². The van der Waals surface area contributed by atoms with Crippen LogP contribution in [0.25, 0.3) is 0 Å². The van der Waals surface area contributed by atoms with Gasteiger partial charge in [0, 0.05) is 0 Å². The van der Waals surface area contributed by atoms with Crippen molar-refractivity contribution in [2.75, 3.05) is 54.3 Å². The topological polar surface area (TPSA) is 44.8 Å². The van der Waals surface area contributed by atoms with Crippen molar-refractivity contribution in [3.05, 3.63) is 0 Å². The molecule has 0 radical (unpaired) electrons. The van der Waals surface area contributed by atoms with Crippen molar-refractivity contribution < 1.29 is 18.1 Å². The number of hydrogen-bond donors (Lipinski definition) is 0. The lowest BCUT2D eigenvalue weighted by atomic mass is 10.1. The van der Waals surface area contributed by atoms with Crippen molar-refractivity contribution in [1.29, 1.82) is 0 Å². The van der Waals surface area contributed by atoms with E-state index >= 15 is 0 Å². The third kappa shape index (κ3) is 45.7. The highest BCUT2D eigenvalue weighted by atomic mass is 32.2. The van der Waals surface area contributed by atoms with E-state index in [1.54, 1.807) is 0 Å². The number of rotatable bonds is 48. The Labute approximate surface area is 346 Å². The predicted molar refractivity (Wildman–Crippen MR) is 247 cm³/mol. The molecule has 0 aromatic heterocycles. The van der Waals surface area contributed by atoms with Crippen molar-refractivity contribution in [1.82, 2.24) is 0 Å². The van der Waals surface area contributed by atoms with Crippen LogP contribution in [0.1, 0.15) is 233 Å². The van der Waals surface area contributed by atoms with Crippen LogP contribution in [0.3, 0.4) is 0 Å². The van der Waals surface area contributed by atoms with E-state index in [-0.39, 0.29) is 0 Å². The maximum atomic E-state index is 13.5. The van der Waals surface area contributed by atoms with Crippen LogP contribution >= 0.6 is 43.1 Å². The van der Waals surface area contributed by atoms with Gasteiger partial charge in [-0.2, -0.15) is 35.3 Å². The molecule has 8 heteroatoms. The normalized spacial score (nSPS) is 12.0. The molecule has 0 saturated heterocycles. The molecule has 0 aliphatic carbocycles. The van der Waals surface area contributed by atoms with E-state index in [1.807, 2.05) is 35.3 Å². The summed E-state index contributed by atoms with van der Waals surface area (Å²) in [6, 6.07) is 0. The Hall–Kier alpha value is 1.16. The molecule has 0 aliphatic heterocycles. The van der Waals surface area contributed by atoms with Crippen LogP contribution in [0.5, 0.6) is 0 Å². The number of unbranched alkanes of at least 4 members (excludes halogenated alkanes) is 27. The van der Waals surface area contributed by atoms with Gasteiger partial charge >= 0.3 is 7.82 Å². The highest BCUT2D eigenvalue weighted by Crippen LogP contribution is 2.49. The first kappa shape index (κ1) is 54.2. The van der Waals surface area contributed by atoms with Gasteiger partial charge in [-0.05, 0) is 73.0 Å². The summed E-state index contributed by atoms with van der Waals surface area (Å²) in [5.41, 5.74) is 0. The van der Waals surface area contributed by atoms with Gasteiger partial charge in [-0.25, -0.2) is 4.57 Å². The molecule has 0 N–H and O–H groups in total. The van der Waals surface area contributed by atoms with Gasteiger partial charge in [0.2, 0.25) is 0 Å². The lowest BCUT2D eigenvalue weighted by Crippen LogP contribution is -2.06. The van der Waals surface area contributed by atoms with Gasteiger partial charge in [-0.15, -0.1) is 0 Å². The van der Waals surface area contributed by atoms with Crippen LogP contribution in [0.15, 0.2) is 0 Å². The van der Waals surface area contributed by atoms with Crippen LogP contribution in [0.4, 0.5) is 0 Å². The lowest BCUT2D eigenvalue weighted by molar-refractivity contribution is 0.114. The molecule has 0 amide bonds. The van der Waals surface area contributed by atoms with Gasteiger partial charge in [0.25, 0.3) is 0 Å². The maximum Gasteiger partial charge on any atom is 0.474 e. The standard InChI is InChI=1S/C45H93O4PS3/c1-4-7-10-13-16-19-22-25-28-31-40-51-43-34-37-47-50(46,48-38-35-44-52-41-32-29-26-23-20-17-14-11-8-5-2)49-39-36-45-53-42-33-30-27-24-21-18-15-12-9-6-3/h4-45H2,1-3H3. The lowest BCUT2D eigenvalue weighted by Gasteiger charge is -2.18. The van der Waals surface area contributed by atoms with Crippen molar-refractivity contribution in [3.63, 3.8) is 0 Å². The largest absolute Gasteiger partial charge is 0.474 e. The van der Waals surface area contributed by atoms with E-state index in [0.29, 0.717) is 19.8 Å². The minimum Gasteiger partial charge on any atom is -0.287 e. The fourth-order valence-corrected chi connectivity index (χ4v) is 10.6. The molecule has 320 valence electrons. The Bertz CT molecular complexity index is 627.